The fraction of sp³-hybridized carbons (Fsp3) is 0.909. The Labute approximate surface area is 90.8 Å². The molecule has 0 bridgehead atoms. The smallest absolute Gasteiger partial charge is 0.236 e. The molecule has 0 unspecified atom stereocenters. The normalized spacial score (nSPS) is 22.7. The first-order valence-corrected chi connectivity index (χ1v) is 5.88. The van der Waals surface area contributed by atoms with Crippen LogP contribution in [0.4, 0.5) is 0 Å². The molecule has 15 heavy (non-hydrogen) atoms. The van der Waals surface area contributed by atoms with Crippen LogP contribution in [0.2, 0.25) is 0 Å². The first-order valence-electron chi connectivity index (χ1n) is 5.88. The summed E-state index contributed by atoms with van der Waals surface area (Å²) in [7, 11) is 0. The fourth-order valence-electron chi connectivity index (χ4n) is 2.15. The van der Waals surface area contributed by atoms with E-state index in [0.717, 1.165) is 38.5 Å². The summed E-state index contributed by atoms with van der Waals surface area (Å²) in [6.45, 7) is 2.62. The fourth-order valence-corrected chi connectivity index (χ4v) is 2.15. The monoisotopic (exact) mass is 212 g/mol. The molecule has 1 aliphatic carbocycles. The minimum absolute atomic E-state index is 0.105. The first-order chi connectivity index (χ1) is 7.31. The van der Waals surface area contributed by atoms with Gasteiger partial charge in [0.25, 0.3) is 0 Å². The van der Waals surface area contributed by atoms with Crippen LogP contribution in [0.3, 0.4) is 0 Å². The van der Waals surface area contributed by atoms with Gasteiger partial charge < -0.3 is 15.4 Å². The van der Waals surface area contributed by atoms with Crippen molar-refractivity contribution in [3.05, 3.63) is 0 Å². The van der Waals surface area contributed by atoms with Crippen molar-refractivity contribution in [1.82, 2.24) is 4.90 Å². The second-order valence-corrected chi connectivity index (χ2v) is 4.54. The summed E-state index contributed by atoms with van der Waals surface area (Å²) < 4.78 is 5.31. The van der Waals surface area contributed by atoms with Gasteiger partial charge in [-0.3, -0.25) is 4.79 Å². The number of ether oxygens (including phenoxy) is 1. The number of carbonyl (C=O) groups excluding carboxylic acids is 1. The lowest BCUT2D eigenvalue weighted by molar-refractivity contribution is -0.134. The van der Waals surface area contributed by atoms with Crippen molar-refractivity contribution >= 4 is 5.91 Å². The number of rotatable bonds is 4. The van der Waals surface area contributed by atoms with Crippen molar-refractivity contribution in [3.63, 3.8) is 0 Å². The number of carbonyl (C=O) groups is 1. The highest BCUT2D eigenvalue weighted by Crippen LogP contribution is 2.31. The van der Waals surface area contributed by atoms with Crippen molar-refractivity contribution < 1.29 is 9.53 Å². The van der Waals surface area contributed by atoms with Gasteiger partial charge in [-0.25, -0.2) is 0 Å². The van der Waals surface area contributed by atoms with Gasteiger partial charge >= 0.3 is 0 Å². The maximum Gasteiger partial charge on any atom is 0.236 e. The number of hydrogen-bond acceptors (Lipinski definition) is 3. The van der Waals surface area contributed by atoms with Crippen molar-refractivity contribution in [2.45, 2.75) is 31.7 Å². The minimum atomic E-state index is 0.105. The quantitative estimate of drug-likeness (QED) is 0.732. The van der Waals surface area contributed by atoms with Gasteiger partial charge in [-0.2, -0.15) is 0 Å². The van der Waals surface area contributed by atoms with E-state index in [1.807, 2.05) is 4.90 Å². The molecule has 2 aliphatic rings. The third-order valence-corrected chi connectivity index (χ3v) is 3.28. The molecule has 0 aromatic carbocycles. The molecule has 0 atom stereocenters. The first kappa shape index (κ1) is 10.9. The Balaban J connectivity index is 1.92. The summed E-state index contributed by atoms with van der Waals surface area (Å²) in [4.78, 5) is 13.7. The van der Waals surface area contributed by atoms with Crippen LogP contribution in [0.5, 0.6) is 0 Å². The van der Waals surface area contributed by atoms with Gasteiger partial charge in [0, 0.05) is 25.8 Å². The highest BCUT2D eigenvalue weighted by molar-refractivity contribution is 5.78. The lowest BCUT2D eigenvalue weighted by Gasteiger charge is -2.34. The molecule has 1 aliphatic heterocycles. The van der Waals surface area contributed by atoms with Gasteiger partial charge in [0.05, 0.1) is 6.54 Å². The minimum Gasteiger partial charge on any atom is -0.381 e. The van der Waals surface area contributed by atoms with E-state index in [9.17, 15) is 4.79 Å². The Kier molecular flexibility index (Phi) is 3.59. The Bertz CT molecular complexity index is 223. The maximum absolute atomic E-state index is 11.7. The zero-order valence-corrected chi connectivity index (χ0v) is 9.15. The Morgan fingerprint density at radius 1 is 1.27 bits per heavy atom. The van der Waals surface area contributed by atoms with Gasteiger partial charge in [-0.05, 0) is 31.6 Å². The highest BCUT2D eigenvalue weighted by atomic mass is 16.5. The topological polar surface area (TPSA) is 55.6 Å². The van der Waals surface area contributed by atoms with E-state index in [1.165, 1.54) is 12.8 Å². The van der Waals surface area contributed by atoms with Gasteiger partial charge in [-0.1, -0.05) is 0 Å². The predicted octanol–water partition coefficient (Wildman–Crippen LogP) is 0.363. The molecule has 2 rings (SSSR count). The molecule has 4 heteroatoms. The Hall–Kier alpha value is -0.610. The molecule has 4 nitrogen and oxygen atoms in total. The second-order valence-electron chi connectivity index (χ2n) is 4.54. The summed E-state index contributed by atoms with van der Waals surface area (Å²) in [5.74, 6) is 0.845. The van der Waals surface area contributed by atoms with E-state index >= 15 is 0 Å². The van der Waals surface area contributed by atoms with Crippen LogP contribution < -0.4 is 5.73 Å². The lowest BCUT2D eigenvalue weighted by atomic mass is 10.1. The van der Waals surface area contributed by atoms with Crippen LogP contribution in [-0.2, 0) is 9.53 Å². The molecule has 86 valence electrons. The Morgan fingerprint density at radius 3 is 2.47 bits per heavy atom. The largest absolute Gasteiger partial charge is 0.381 e. The SMILES string of the molecule is NCC(=O)N(CC1CC1)C1CCOCC1. The molecular weight excluding hydrogens is 192 g/mol. The van der Waals surface area contributed by atoms with E-state index in [0.29, 0.717) is 6.04 Å². The van der Waals surface area contributed by atoms with Gasteiger partial charge in [0.1, 0.15) is 0 Å². The molecule has 0 aromatic heterocycles. The van der Waals surface area contributed by atoms with Gasteiger partial charge in [0.15, 0.2) is 0 Å². The van der Waals surface area contributed by atoms with Crippen LogP contribution in [-0.4, -0.2) is 43.2 Å². The molecule has 1 amide bonds. The van der Waals surface area contributed by atoms with Crippen LogP contribution in [0.1, 0.15) is 25.7 Å². The number of hydrogen-bond donors (Lipinski definition) is 1. The van der Waals surface area contributed by atoms with Crippen molar-refractivity contribution in [2.75, 3.05) is 26.3 Å². The molecule has 2 N–H and O–H groups in total. The van der Waals surface area contributed by atoms with Crippen LogP contribution in [0.15, 0.2) is 0 Å². The summed E-state index contributed by atoms with van der Waals surface area (Å²) in [6.07, 6.45) is 4.49. The predicted molar refractivity (Wildman–Crippen MR) is 57.3 cm³/mol. The zero-order chi connectivity index (χ0) is 10.7. The molecule has 1 saturated heterocycles. The molecule has 2 fully saturated rings. The van der Waals surface area contributed by atoms with E-state index < -0.39 is 0 Å². The molecule has 0 aromatic rings. The van der Waals surface area contributed by atoms with Crippen molar-refractivity contribution in [1.29, 1.82) is 0 Å². The summed E-state index contributed by atoms with van der Waals surface area (Å²) in [5, 5.41) is 0. The van der Waals surface area contributed by atoms with Gasteiger partial charge in [0.2, 0.25) is 5.91 Å². The van der Waals surface area contributed by atoms with Crippen LogP contribution >= 0.6 is 0 Å². The summed E-state index contributed by atoms with van der Waals surface area (Å²) in [6, 6.07) is 0.371. The summed E-state index contributed by atoms with van der Waals surface area (Å²) in [5.41, 5.74) is 5.45. The number of amides is 1. The molecular formula is C11H20N2O2. The molecule has 0 radical (unpaired) electrons. The average Bonchev–Trinajstić information content (AvgIpc) is 3.10. The van der Waals surface area contributed by atoms with E-state index in [-0.39, 0.29) is 12.5 Å². The third kappa shape index (κ3) is 2.92. The number of nitrogens with two attached hydrogens (primary N) is 1. The zero-order valence-electron chi connectivity index (χ0n) is 9.15. The molecule has 1 heterocycles. The van der Waals surface area contributed by atoms with Crippen molar-refractivity contribution in [2.24, 2.45) is 11.7 Å². The summed E-state index contributed by atoms with van der Waals surface area (Å²) >= 11 is 0. The average molecular weight is 212 g/mol. The van der Waals surface area contributed by atoms with E-state index in [1.54, 1.807) is 0 Å². The Morgan fingerprint density at radius 2 is 1.93 bits per heavy atom. The maximum atomic E-state index is 11.7. The molecule has 0 spiro atoms. The number of nitrogens with zero attached hydrogens (tertiary/aromatic N) is 1. The third-order valence-electron chi connectivity index (χ3n) is 3.28. The van der Waals surface area contributed by atoms with Gasteiger partial charge in [-0.15, -0.1) is 0 Å². The highest BCUT2D eigenvalue weighted by Gasteiger charge is 2.31. The van der Waals surface area contributed by atoms with E-state index in [4.69, 9.17) is 10.5 Å². The molecule has 1 saturated carbocycles. The second kappa shape index (κ2) is 4.94. The lowest BCUT2D eigenvalue weighted by Crippen LogP contribution is -2.46. The van der Waals surface area contributed by atoms with Crippen LogP contribution in [0, 0.1) is 5.92 Å². The van der Waals surface area contributed by atoms with E-state index in [2.05, 4.69) is 0 Å². The van der Waals surface area contributed by atoms with Crippen molar-refractivity contribution in [3.8, 4) is 0 Å². The van der Waals surface area contributed by atoms with Crippen LogP contribution in [0.25, 0.3) is 0 Å². The standard InChI is InChI=1S/C11H20N2O2/c12-7-11(14)13(8-9-1-2-9)10-3-5-15-6-4-10/h9-10H,1-8,12H2.